The molecular weight excluding hydrogens is 274 g/mol. The first-order chi connectivity index (χ1) is 8.76. The maximum atomic E-state index is 12.6. The lowest BCUT2D eigenvalue weighted by atomic mass is 10.3. The molecule has 0 aromatic heterocycles. The molecule has 0 aliphatic heterocycles. The summed E-state index contributed by atoms with van der Waals surface area (Å²) >= 11 is 0. The zero-order chi connectivity index (χ0) is 14.6. The van der Waals surface area contributed by atoms with Crippen LogP contribution in [0.1, 0.15) is 0 Å². The van der Waals surface area contributed by atoms with E-state index >= 15 is 0 Å². The minimum Gasteiger partial charge on any atom is -0.372 e. The van der Waals surface area contributed by atoms with Crippen LogP contribution in [0, 0.1) is 0 Å². The fourth-order valence-corrected chi connectivity index (χ4v) is 2.56. The molecule has 0 aliphatic rings. The number of hydrogen-bond donors (Lipinski definition) is 0. The molecule has 0 heterocycles. The molecule has 1 aromatic rings. The number of rotatable bonds is 6. The molecule has 0 amide bonds. The molecule has 0 aliphatic carbocycles. The van der Waals surface area contributed by atoms with E-state index in [2.05, 4.69) is 0 Å². The summed E-state index contributed by atoms with van der Waals surface area (Å²) in [7, 11) is 0.873. The Morgan fingerprint density at radius 2 is 1.68 bits per heavy atom. The van der Waals surface area contributed by atoms with Gasteiger partial charge in [0, 0.05) is 20.1 Å². The zero-order valence-corrected chi connectivity index (χ0v) is 12.0. The SMILES string of the molecule is CN(C)CCN(C)c1ccccc1S(=O)(=O)C(F)F. The van der Waals surface area contributed by atoms with Crippen molar-refractivity contribution in [1.82, 2.24) is 4.90 Å². The first kappa shape index (κ1) is 15.8. The van der Waals surface area contributed by atoms with Crippen molar-refractivity contribution >= 4 is 15.5 Å². The molecule has 19 heavy (non-hydrogen) atoms. The molecule has 108 valence electrons. The van der Waals surface area contributed by atoms with Crippen molar-refractivity contribution in [3.05, 3.63) is 24.3 Å². The quantitative estimate of drug-likeness (QED) is 0.800. The molecule has 7 heteroatoms. The molecule has 0 spiro atoms. The van der Waals surface area contributed by atoms with Crippen LogP contribution in [0.5, 0.6) is 0 Å². The summed E-state index contributed by atoms with van der Waals surface area (Å²) in [5.41, 5.74) is 0.296. The number of halogens is 2. The van der Waals surface area contributed by atoms with Gasteiger partial charge in [-0.3, -0.25) is 0 Å². The summed E-state index contributed by atoms with van der Waals surface area (Å²) in [6, 6.07) is 5.82. The molecule has 0 saturated carbocycles. The average molecular weight is 292 g/mol. The van der Waals surface area contributed by atoms with Gasteiger partial charge in [-0.15, -0.1) is 0 Å². The molecular formula is C12H18F2N2O2S. The molecule has 0 fully saturated rings. The van der Waals surface area contributed by atoms with Crippen LogP contribution in [-0.4, -0.2) is 53.3 Å². The monoisotopic (exact) mass is 292 g/mol. The standard InChI is InChI=1S/C12H18F2N2O2S/c1-15(2)8-9-16(3)10-6-4-5-7-11(10)19(17,18)12(13)14/h4-7,12H,8-9H2,1-3H3. The number of nitrogens with zero attached hydrogens (tertiary/aromatic N) is 2. The molecule has 0 atom stereocenters. The number of sulfone groups is 1. The molecule has 1 aromatic carbocycles. The fraction of sp³-hybridized carbons (Fsp3) is 0.500. The second-order valence-corrected chi connectivity index (χ2v) is 6.38. The highest BCUT2D eigenvalue weighted by atomic mass is 32.2. The topological polar surface area (TPSA) is 40.6 Å². The molecule has 4 nitrogen and oxygen atoms in total. The third-order valence-corrected chi connectivity index (χ3v) is 4.13. The van der Waals surface area contributed by atoms with E-state index < -0.39 is 15.6 Å². The molecule has 0 bridgehead atoms. The minimum absolute atomic E-state index is 0.296. The van der Waals surface area contributed by atoms with E-state index in [4.69, 9.17) is 0 Å². The Morgan fingerprint density at radius 3 is 2.21 bits per heavy atom. The van der Waals surface area contributed by atoms with Gasteiger partial charge in [-0.2, -0.15) is 8.78 Å². The summed E-state index contributed by atoms with van der Waals surface area (Å²) in [6.45, 7) is 1.24. The highest BCUT2D eigenvalue weighted by Gasteiger charge is 2.29. The van der Waals surface area contributed by atoms with Crippen molar-refractivity contribution in [1.29, 1.82) is 0 Å². The van der Waals surface area contributed by atoms with Gasteiger partial charge in [0.1, 0.15) is 0 Å². The van der Waals surface area contributed by atoms with E-state index in [9.17, 15) is 17.2 Å². The normalized spacial score (nSPS) is 12.2. The number of hydrogen-bond acceptors (Lipinski definition) is 4. The first-order valence-corrected chi connectivity index (χ1v) is 7.28. The van der Waals surface area contributed by atoms with Crippen LogP contribution >= 0.6 is 0 Å². The molecule has 1 rings (SSSR count). The van der Waals surface area contributed by atoms with Crippen molar-refractivity contribution in [3.8, 4) is 0 Å². The Kier molecular flexibility index (Phi) is 5.25. The van der Waals surface area contributed by atoms with Crippen molar-refractivity contribution < 1.29 is 17.2 Å². The van der Waals surface area contributed by atoms with Crippen molar-refractivity contribution in [2.45, 2.75) is 10.7 Å². The number of alkyl halides is 2. The average Bonchev–Trinajstić information content (AvgIpc) is 2.35. The largest absolute Gasteiger partial charge is 0.372 e. The maximum Gasteiger partial charge on any atom is 0.341 e. The van der Waals surface area contributed by atoms with E-state index in [1.807, 2.05) is 19.0 Å². The summed E-state index contributed by atoms with van der Waals surface area (Å²) in [4.78, 5) is 3.27. The predicted molar refractivity (Wildman–Crippen MR) is 71.5 cm³/mol. The van der Waals surface area contributed by atoms with Crippen LogP contribution in [0.15, 0.2) is 29.2 Å². The molecule has 0 saturated heterocycles. The van der Waals surface area contributed by atoms with Gasteiger partial charge in [-0.05, 0) is 26.2 Å². The lowest BCUT2D eigenvalue weighted by Gasteiger charge is -2.23. The summed E-state index contributed by atoms with van der Waals surface area (Å²) in [5, 5.41) is 0. The predicted octanol–water partition coefficient (Wildman–Crippen LogP) is 1.68. The van der Waals surface area contributed by atoms with Gasteiger partial charge in [-0.1, -0.05) is 12.1 Å². The Hall–Kier alpha value is -1.21. The molecule has 0 N–H and O–H groups in total. The Morgan fingerprint density at radius 1 is 1.11 bits per heavy atom. The second kappa shape index (κ2) is 6.29. The summed E-state index contributed by atoms with van der Waals surface area (Å²) in [6.07, 6.45) is 0. The van der Waals surface area contributed by atoms with Gasteiger partial charge in [0.15, 0.2) is 0 Å². The lowest BCUT2D eigenvalue weighted by molar-refractivity contribution is 0.235. The lowest BCUT2D eigenvalue weighted by Crippen LogP contribution is -2.29. The first-order valence-electron chi connectivity index (χ1n) is 5.73. The third kappa shape index (κ3) is 3.87. The van der Waals surface area contributed by atoms with Crippen molar-refractivity contribution in [2.24, 2.45) is 0 Å². The van der Waals surface area contributed by atoms with Crippen LogP contribution in [0.4, 0.5) is 14.5 Å². The van der Waals surface area contributed by atoms with Gasteiger partial charge in [0.25, 0.3) is 0 Å². The number of para-hydroxylation sites is 1. The number of likely N-dealkylation sites (N-methyl/N-ethyl adjacent to an activating group) is 2. The summed E-state index contributed by atoms with van der Waals surface area (Å²) in [5.74, 6) is -3.41. The Bertz CT molecular complexity index is 518. The number of anilines is 1. The van der Waals surface area contributed by atoms with Crippen LogP contribution in [-0.2, 0) is 9.84 Å². The maximum absolute atomic E-state index is 12.6. The third-order valence-electron chi connectivity index (χ3n) is 2.70. The van der Waals surface area contributed by atoms with Crippen molar-refractivity contribution in [2.75, 3.05) is 39.1 Å². The molecule has 0 radical (unpaired) electrons. The van der Waals surface area contributed by atoms with Crippen LogP contribution < -0.4 is 4.90 Å². The highest BCUT2D eigenvalue weighted by Crippen LogP contribution is 2.28. The summed E-state index contributed by atoms with van der Waals surface area (Å²) < 4.78 is 48.5. The Balaban J connectivity index is 3.09. The van der Waals surface area contributed by atoms with Crippen LogP contribution in [0.25, 0.3) is 0 Å². The van der Waals surface area contributed by atoms with Gasteiger partial charge < -0.3 is 9.80 Å². The Labute approximate surface area is 112 Å². The van der Waals surface area contributed by atoms with E-state index in [0.717, 1.165) is 0 Å². The van der Waals surface area contributed by atoms with E-state index in [0.29, 0.717) is 18.8 Å². The van der Waals surface area contributed by atoms with Crippen molar-refractivity contribution in [3.63, 3.8) is 0 Å². The van der Waals surface area contributed by atoms with Gasteiger partial charge >= 0.3 is 5.76 Å². The second-order valence-electron chi connectivity index (χ2n) is 4.50. The van der Waals surface area contributed by atoms with E-state index in [1.165, 1.54) is 18.2 Å². The van der Waals surface area contributed by atoms with Gasteiger partial charge in [0.05, 0.1) is 10.6 Å². The highest BCUT2D eigenvalue weighted by molar-refractivity contribution is 7.91. The fourth-order valence-electron chi connectivity index (χ4n) is 1.58. The van der Waals surface area contributed by atoms with E-state index in [-0.39, 0.29) is 4.90 Å². The zero-order valence-electron chi connectivity index (χ0n) is 11.2. The minimum atomic E-state index is -4.58. The smallest absolute Gasteiger partial charge is 0.341 e. The number of benzene rings is 1. The van der Waals surface area contributed by atoms with Crippen LogP contribution in [0.3, 0.4) is 0 Å². The van der Waals surface area contributed by atoms with Gasteiger partial charge in [-0.25, -0.2) is 8.42 Å². The van der Waals surface area contributed by atoms with E-state index in [1.54, 1.807) is 18.0 Å². The van der Waals surface area contributed by atoms with Gasteiger partial charge in [0.2, 0.25) is 9.84 Å². The molecule has 0 unspecified atom stereocenters. The van der Waals surface area contributed by atoms with Crippen LogP contribution in [0.2, 0.25) is 0 Å².